The number of amides is 1. The fourth-order valence-electron chi connectivity index (χ4n) is 1.97. The zero-order valence-corrected chi connectivity index (χ0v) is 14.2. The first kappa shape index (κ1) is 14.9. The first-order valence-electron chi connectivity index (χ1n) is 6.62. The number of carbonyl (C=O) groups is 1. The largest absolute Gasteiger partial charge is 0.306 e. The average Bonchev–Trinajstić information content (AvgIpc) is 3.11. The predicted octanol–water partition coefficient (Wildman–Crippen LogP) is 3.71. The molecule has 0 fully saturated rings. The molecule has 0 unspecified atom stereocenters. The first-order valence-corrected chi connectivity index (χ1v) is 8.23. The summed E-state index contributed by atoms with van der Waals surface area (Å²) in [5, 5.41) is 8.01. The van der Waals surface area contributed by atoms with Crippen LogP contribution in [0.4, 0.5) is 5.82 Å². The van der Waals surface area contributed by atoms with Crippen molar-refractivity contribution in [2.75, 3.05) is 5.32 Å². The molecule has 1 amide bonds. The van der Waals surface area contributed by atoms with Gasteiger partial charge in [-0.2, -0.15) is 5.10 Å². The number of anilines is 1. The molecule has 5 nitrogen and oxygen atoms in total. The molecule has 1 aromatic carbocycles. The highest BCUT2D eigenvalue weighted by molar-refractivity contribution is 9.10. The van der Waals surface area contributed by atoms with E-state index in [1.165, 1.54) is 11.3 Å². The fourth-order valence-corrected chi connectivity index (χ4v) is 2.91. The lowest BCUT2D eigenvalue weighted by atomic mass is 10.2. The van der Waals surface area contributed by atoms with E-state index in [-0.39, 0.29) is 5.91 Å². The van der Waals surface area contributed by atoms with Crippen LogP contribution in [0.1, 0.15) is 20.2 Å². The number of halogens is 1. The van der Waals surface area contributed by atoms with E-state index in [9.17, 15) is 4.79 Å². The highest BCUT2D eigenvalue weighted by Crippen LogP contribution is 2.16. The van der Waals surface area contributed by atoms with E-state index in [2.05, 4.69) is 31.3 Å². The average molecular weight is 377 g/mol. The Morgan fingerprint density at radius 1 is 1.32 bits per heavy atom. The van der Waals surface area contributed by atoms with Crippen LogP contribution in [0.25, 0.3) is 0 Å². The summed E-state index contributed by atoms with van der Waals surface area (Å²) in [6.07, 6.45) is 3.26. The standard InChI is InChI=1S/C15H13BrN4OS/c1-10-17-8-13(22-10)15(21)19-14-6-7-18-20(14)9-11-2-4-12(16)5-3-11/h2-8H,9H2,1H3,(H,19,21). The maximum Gasteiger partial charge on any atom is 0.268 e. The summed E-state index contributed by atoms with van der Waals surface area (Å²) in [5.41, 5.74) is 1.11. The van der Waals surface area contributed by atoms with Crippen molar-refractivity contribution in [2.24, 2.45) is 0 Å². The number of aromatic nitrogens is 3. The van der Waals surface area contributed by atoms with Crippen LogP contribution in [0, 0.1) is 6.92 Å². The zero-order valence-electron chi connectivity index (χ0n) is 11.8. The molecule has 22 heavy (non-hydrogen) atoms. The Kier molecular flexibility index (Phi) is 4.35. The summed E-state index contributed by atoms with van der Waals surface area (Å²) >= 11 is 4.79. The number of nitrogens with zero attached hydrogens (tertiary/aromatic N) is 3. The molecule has 0 aliphatic rings. The predicted molar refractivity (Wildman–Crippen MR) is 90.3 cm³/mol. The number of carbonyl (C=O) groups excluding carboxylic acids is 1. The third kappa shape index (κ3) is 3.42. The van der Waals surface area contributed by atoms with Gasteiger partial charge in [-0.05, 0) is 24.6 Å². The molecule has 7 heteroatoms. The van der Waals surface area contributed by atoms with E-state index in [1.54, 1.807) is 23.1 Å². The molecule has 0 aliphatic carbocycles. The Balaban J connectivity index is 1.74. The van der Waals surface area contributed by atoms with E-state index in [0.717, 1.165) is 15.0 Å². The van der Waals surface area contributed by atoms with Crippen molar-refractivity contribution >= 4 is 39.0 Å². The van der Waals surface area contributed by atoms with Gasteiger partial charge in [0.25, 0.3) is 5.91 Å². The Bertz CT molecular complexity index is 794. The Morgan fingerprint density at radius 3 is 2.77 bits per heavy atom. The van der Waals surface area contributed by atoms with Gasteiger partial charge in [0.1, 0.15) is 10.7 Å². The normalized spacial score (nSPS) is 10.6. The van der Waals surface area contributed by atoms with Crippen LogP contribution in [-0.4, -0.2) is 20.7 Å². The molecule has 3 rings (SSSR count). The van der Waals surface area contributed by atoms with Crippen molar-refractivity contribution in [1.29, 1.82) is 0 Å². The number of rotatable bonds is 4. The summed E-state index contributed by atoms with van der Waals surface area (Å²) < 4.78 is 2.79. The maximum atomic E-state index is 12.2. The summed E-state index contributed by atoms with van der Waals surface area (Å²) in [6.45, 7) is 2.47. The summed E-state index contributed by atoms with van der Waals surface area (Å²) in [5.74, 6) is 0.502. The quantitative estimate of drug-likeness (QED) is 0.754. The monoisotopic (exact) mass is 376 g/mol. The van der Waals surface area contributed by atoms with Crippen LogP contribution in [0.5, 0.6) is 0 Å². The summed E-state index contributed by atoms with van der Waals surface area (Å²) in [4.78, 5) is 16.9. The van der Waals surface area contributed by atoms with Crippen LogP contribution in [0.3, 0.4) is 0 Å². The lowest BCUT2D eigenvalue weighted by molar-refractivity contribution is 0.102. The van der Waals surface area contributed by atoms with Crippen molar-refractivity contribution in [2.45, 2.75) is 13.5 Å². The van der Waals surface area contributed by atoms with Gasteiger partial charge in [0, 0.05) is 10.5 Å². The molecule has 1 N–H and O–H groups in total. The minimum absolute atomic E-state index is 0.164. The van der Waals surface area contributed by atoms with Gasteiger partial charge in [-0.3, -0.25) is 4.79 Å². The van der Waals surface area contributed by atoms with Gasteiger partial charge in [-0.1, -0.05) is 28.1 Å². The van der Waals surface area contributed by atoms with Crippen LogP contribution in [-0.2, 0) is 6.54 Å². The molecular weight excluding hydrogens is 364 g/mol. The lowest BCUT2D eigenvalue weighted by Gasteiger charge is -2.08. The highest BCUT2D eigenvalue weighted by atomic mass is 79.9. The van der Waals surface area contributed by atoms with E-state index < -0.39 is 0 Å². The summed E-state index contributed by atoms with van der Waals surface area (Å²) in [7, 11) is 0. The van der Waals surface area contributed by atoms with Crippen LogP contribution in [0.2, 0.25) is 0 Å². The molecule has 3 aromatic rings. The van der Waals surface area contributed by atoms with Crippen LogP contribution >= 0.6 is 27.3 Å². The molecule has 2 heterocycles. The second-order valence-electron chi connectivity index (χ2n) is 4.70. The highest BCUT2D eigenvalue weighted by Gasteiger charge is 2.12. The molecule has 0 saturated heterocycles. The Morgan fingerprint density at radius 2 is 2.09 bits per heavy atom. The summed E-state index contributed by atoms with van der Waals surface area (Å²) in [6, 6.07) is 9.78. The van der Waals surface area contributed by atoms with Crippen molar-refractivity contribution in [1.82, 2.24) is 14.8 Å². The van der Waals surface area contributed by atoms with Gasteiger partial charge < -0.3 is 5.32 Å². The van der Waals surface area contributed by atoms with Gasteiger partial charge in [0.05, 0.1) is 23.9 Å². The Labute approximate surface area is 140 Å². The molecular formula is C15H13BrN4OS. The molecule has 0 spiro atoms. The minimum Gasteiger partial charge on any atom is -0.306 e. The topological polar surface area (TPSA) is 59.8 Å². The molecule has 2 aromatic heterocycles. The molecule has 0 saturated carbocycles. The van der Waals surface area contributed by atoms with Gasteiger partial charge in [0.2, 0.25) is 0 Å². The van der Waals surface area contributed by atoms with E-state index >= 15 is 0 Å². The smallest absolute Gasteiger partial charge is 0.268 e. The molecule has 112 valence electrons. The van der Waals surface area contributed by atoms with Crippen molar-refractivity contribution in [3.63, 3.8) is 0 Å². The van der Waals surface area contributed by atoms with Gasteiger partial charge >= 0.3 is 0 Å². The molecule has 0 radical (unpaired) electrons. The number of nitrogens with one attached hydrogen (secondary N) is 1. The molecule has 0 bridgehead atoms. The van der Waals surface area contributed by atoms with E-state index in [1.807, 2.05) is 31.2 Å². The van der Waals surface area contributed by atoms with Crippen molar-refractivity contribution in [3.8, 4) is 0 Å². The lowest BCUT2D eigenvalue weighted by Crippen LogP contribution is -2.15. The van der Waals surface area contributed by atoms with Gasteiger partial charge in [-0.15, -0.1) is 11.3 Å². The number of thiazole rings is 1. The first-order chi connectivity index (χ1) is 10.6. The van der Waals surface area contributed by atoms with E-state index in [0.29, 0.717) is 17.2 Å². The Hall–Kier alpha value is -1.99. The number of benzene rings is 1. The third-order valence-electron chi connectivity index (χ3n) is 3.05. The minimum atomic E-state index is -0.164. The van der Waals surface area contributed by atoms with Crippen LogP contribution in [0.15, 0.2) is 47.2 Å². The molecule has 0 atom stereocenters. The zero-order chi connectivity index (χ0) is 15.5. The fraction of sp³-hybridized carbons (Fsp3) is 0.133. The second kappa shape index (κ2) is 6.41. The number of aryl methyl sites for hydroxylation is 1. The van der Waals surface area contributed by atoms with Gasteiger partial charge in [0.15, 0.2) is 0 Å². The van der Waals surface area contributed by atoms with E-state index in [4.69, 9.17) is 0 Å². The second-order valence-corrected chi connectivity index (χ2v) is 6.85. The SMILES string of the molecule is Cc1ncc(C(=O)Nc2ccnn2Cc2ccc(Br)cc2)s1. The number of hydrogen-bond donors (Lipinski definition) is 1. The number of hydrogen-bond acceptors (Lipinski definition) is 4. The van der Waals surface area contributed by atoms with Crippen molar-refractivity contribution in [3.05, 3.63) is 62.6 Å². The van der Waals surface area contributed by atoms with Crippen molar-refractivity contribution < 1.29 is 4.79 Å². The maximum absolute atomic E-state index is 12.2. The van der Waals surface area contributed by atoms with Crippen LogP contribution < -0.4 is 5.32 Å². The van der Waals surface area contributed by atoms with Gasteiger partial charge in [-0.25, -0.2) is 9.67 Å². The third-order valence-corrected chi connectivity index (χ3v) is 4.49. The molecule has 0 aliphatic heterocycles.